The lowest BCUT2D eigenvalue weighted by molar-refractivity contribution is 0.0696. The van der Waals surface area contributed by atoms with Crippen LogP contribution in [0.25, 0.3) is 0 Å². The van der Waals surface area contributed by atoms with E-state index in [1.807, 2.05) is 0 Å². The molecular weight excluding hydrogens is 299 g/mol. The zero-order valence-corrected chi connectivity index (χ0v) is 12.6. The Labute approximate surface area is 123 Å². The smallest absolute Gasteiger partial charge is 0.335 e. The molecule has 0 amide bonds. The lowest BCUT2D eigenvalue weighted by Gasteiger charge is -2.10. The summed E-state index contributed by atoms with van der Waals surface area (Å²) in [6, 6.07) is 1.82. The van der Waals surface area contributed by atoms with E-state index in [0.717, 1.165) is 12.1 Å². The zero-order valence-electron chi connectivity index (χ0n) is 11.8. The number of carbonyl (C=O) groups is 1. The molecule has 1 aromatic rings. The third-order valence-electron chi connectivity index (χ3n) is 3.20. The van der Waals surface area contributed by atoms with E-state index >= 15 is 0 Å². The van der Waals surface area contributed by atoms with Gasteiger partial charge in [0.2, 0.25) is 0 Å². The van der Waals surface area contributed by atoms with Crippen molar-refractivity contribution in [2.75, 3.05) is 12.4 Å². The highest BCUT2D eigenvalue weighted by molar-refractivity contribution is 7.91. The van der Waals surface area contributed by atoms with Gasteiger partial charge in [-0.05, 0) is 31.9 Å². The highest BCUT2D eigenvalue weighted by Gasteiger charge is 2.21. The Hall–Kier alpha value is -1.47. The van der Waals surface area contributed by atoms with E-state index in [4.69, 9.17) is 10.2 Å². The van der Waals surface area contributed by atoms with Gasteiger partial charge in [-0.1, -0.05) is 12.8 Å². The minimum atomic E-state index is -3.72. The van der Waals surface area contributed by atoms with Gasteiger partial charge in [-0.25, -0.2) is 17.6 Å². The number of sulfone groups is 1. The first-order valence-corrected chi connectivity index (χ1v) is 8.32. The van der Waals surface area contributed by atoms with Crippen LogP contribution in [0.4, 0.5) is 4.39 Å². The maximum absolute atomic E-state index is 13.7. The van der Waals surface area contributed by atoms with Crippen molar-refractivity contribution in [1.29, 1.82) is 0 Å². The largest absolute Gasteiger partial charge is 0.478 e. The van der Waals surface area contributed by atoms with Crippen LogP contribution in [0.2, 0.25) is 0 Å². The average molecular weight is 318 g/mol. The van der Waals surface area contributed by atoms with Crippen molar-refractivity contribution in [1.82, 2.24) is 0 Å². The normalized spacial score (nSPS) is 11.6. The summed E-state index contributed by atoms with van der Waals surface area (Å²) in [4.78, 5) is 10.6. The average Bonchev–Trinajstić information content (AvgIpc) is 2.40. The molecule has 0 spiro atoms. The van der Waals surface area contributed by atoms with Crippen molar-refractivity contribution in [2.24, 2.45) is 0 Å². The van der Waals surface area contributed by atoms with E-state index in [9.17, 15) is 17.6 Å². The van der Waals surface area contributed by atoms with Gasteiger partial charge in [-0.2, -0.15) is 0 Å². The Morgan fingerprint density at radius 2 is 1.81 bits per heavy atom. The molecule has 0 aliphatic carbocycles. The van der Waals surface area contributed by atoms with Crippen molar-refractivity contribution in [2.45, 2.75) is 37.5 Å². The zero-order chi connectivity index (χ0) is 16.0. The van der Waals surface area contributed by atoms with Gasteiger partial charge in [-0.15, -0.1) is 0 Å². The first-order valence-electron chi connectivity index (χ1n) is 6.66. The van der Waals surface area contributed by atoms with Gasteiger partial charge in [0.15, 0.2) is 9.84 Å². The molecule has 0 heterocycles. The van der Waals surface area contributed by atoms with Gasteiger partial charge < -0.3 is 10.2 Å². The van der Waals surface area contributed by atoms with Gasteiger partial charge in [0.1, 0.15) is 5.82 Å². The molecule has 1 rings (SSSR count). The Morgan fingerprint density at radius 3 is 2.38 bits per heavy atom. The van der Waals surface area contributed by atoms with Gasteiger partial charge in [0, 0.05) is 12.2 Å². The van der Waals surface area contributed by atoms with E-state index in [0.29, 0.717) is 25.7 Å². The van der Waals surface area contributed by atoms with Gasteiger partial charge in [0.25, 0.3) is 0 Å². The fourth-order valence-corrected chi connectivity index (χ4v) is 3.64. The minimum absolute atomic E-state index is 0.0599. The van der Waals surface area contributed by atoms with Crippen LogP contribution in [0.1, 0.15) is 41.6 Å². The predicted molar refractivity (Wildman–Crippen MR) is 75.7 cm³/mol. The highest BCUT2D eigenvalue weighted by atomic mass is 32.2. The fourth-order valence-electron chi connectivity index (χ4n) is 1.97. The fraction of sp³-hybridized carbons (Fsp3) is 0.500. The second kappa shape index (κ2) is 7.51. The molecule has 0 fully saturated rings. The number of rotatable bonds is 8. The maximum Gasteiger partial charge on any atom is 0.335 e. The monoisotopic (exact) mass is 318 g/mol. The second-order valence-electron chi connectivity index (χ2n) is 4.84. The summed E-state index contributed by atoms with van der Waals surface area (Å²) in [5.41, 5.74) is -0.438. The number of carboxylic acids is 1. The van der Waals surface area contributed by atoms with Crippen LogP contribution >= 0.6 is 0 Å². The van der Waals surface area contributed by atoms with E-state index in [1.54, 1.807) is 0 Å². The van der Waals surface area contributed by atoms with Crippen LogP contribution in [0.3, 0.4) is 0 Å². The predicted octanol–water partition coefficient (Wildman–Crippen LogP) is 2.16. The summed E-state index contributed by atoms with van der Waals surface area (Å²) in [7, 11) is -3.72. The summed E-state index contributed by atoms with van der Waals surface area (Å²) >= 11 is 0. The molecule has 5 nitrogen and oxygen atoms in total. The Bertz CT molecular complexity index is 610. The van der Waals surface area contributed by atoms with Crippen molar-refractivity contribution < 1.29 is 27.8 Å². The molecule has 0 aromatic heterocycles. The first kappa shape index (κ1) is 17.6. The number of aliphatic hydroxyl groups excluding tert-OH is 1. The number of hydrogen-bond donors (Lipinski definition) is 2. The number of hydrogen-bond acceptors (Lipinski definition) is 4. The minimum Gasteiger partial charge on any atom is -0.478 e. The molecule has 7 heteroatoms. The van der Waals surface area contributed by atoms with Crippen molar-refractivity contribution >= 4 is 15.8 Å². The molecule has 0 bridgehead atoms. The number of halogens is 1. The van der Waals surface area contributed by atoms with Crippen LogP contribution in [-0.4, -0.2) is 37.0 Å². The molecule has 0 aliphatic rings. The molecule has 2 N–H and O–H groups in total. The molecule has 0 atom stereocenters. The van der Waals surface area contributed by atoms with Crippen LogP contribution < -0.4 is 0 Å². The number of aliphatic hydroxyl groups is 1. The Kier molecular flexibility index (Phi) is 6.29. The summed E-state index contributed by atoms with van der Waals surface area (Å²) in [6.07, 6.45) is 2.36. The quantitative estimate of drug-likeness (QED) is 0.717. The van der Waals surface area contributed by atoms with Crippen LogP contribution in [0, 0.1) is 12.7 Å². The number of benzene rings is 1. The van der Waals surface area contributed by atoms with E-state index in [1.165, 1.54) is 6.92 Å². The first-order chi connectivity index (χ1) is 9.79. The molecule has 0 radical (unpaired) electrons. The lowest BCUT2D eigenvalue weighted by Crippen LogP contribution is -2.11. The highest BCUT2D eigenvalue weighted by Crippen LogP contribution is 2.23. The standard InChI is InChI=1S/C14H19FO5S/c1-10-12(15)8-11(14(17)18)9-13(10)21(19,20)7-5-3-2-4-6-16/h8-9,16H,2-7H2,1H3,(H,17,18). The third kappa shape index (κ3) is 4.78. The summed E-state index contributed by atoms with van der Waals surface area (Å²) in [6.45, 7) is 1.39. The van der Waals surface area contributed by atoms with E-state index < -0.39 is 21.6 Å². The van der Waals surface area contributed by atoms with Crippen LogP contribution in [0.15, 0.2) is 17.0 Å². The number of unbranched alkanes of at least 4 members (excludes halogenated alkanes) is 3. The topological polar surface area (TPSA) is 91.7 Å². The molecule has 118 valence electrons. The summed E-state index contributed by atoms with van der Waals surface area (Å²) in [5, 5.41) is 17.5. The molecule has 21 heavy (non-hydrogen) atoms. The molecule has 0 saturated heterocycles. The van der Waals surface area contributed by atoms with E-state index in [-0.39, 0.29) is 28.4 Å². The number of aromatic carboxylic acids is 1. The van der Waals surface area contributed by atoms with Crippen molar-refractivity contribution in [3.63, 3.8) is 0 Å². The maximum atomic E-state index is 13.7. The Morgan fingerprint density at radius 1 is 1.19 bits per heavy atom. The molecule has 1 aromatic carbocycles. The van der Waals surface area contributed by atoms with E-state index in [2.05, 4.69) is 0 Å². The Balaban J connectivity index is 2.94. The lowest BCUT2D eigenvalue weighted by atomic mass is 10.1. The van der Waals surface area contributed by atoms with Gasteiger partial charge >= 0.3 is 5.97 Å². The summed E-state index contributed by atoms with van der Waals surface area (Å²) in [5.74, 6) is -2.37. The number of carboxylic acid groups (broad SMARTS) is 1. The molecule has 0 saturated carbocycles. The van der Waals surface area contributed by atoms with Gasteiger partial charge in [-0.3, -0.25) is 0 Å². The van der Waals surface area contributed by atoms with Gasteiger partial charge in [0.05, 0.1) is 16.2 Å². The second-order valence-corrected chi connectivity index (χ2v) is 6.92. The summed E-state index contributed by atoms with van der Waals surface area (Å²) < 4.78 is 38.1. The van der Waals surface area contributed by atoms with Crippen molar-refractivity contribution in [3.05, 3.63) is 29.1 Å². The van der Waals surface area contributed by atoms with Crippen LogP contribution in [0.5, 0.6) is 0 Å². The molecular formula is C14H19FO5S. The third-order valence-corrected chi connectivity index (χ3v) is 5.12. The van der Waals surface area contributed by atoms with Crippen molar-refractivity contribution in [3.8, 4) is 0 Å². The SMILES string of the molecule is Cc1c(F)cc(C(=O)O)cc1S(=O)(=O)CCCCCCO. The molecule has 0 unspecified atom stereocenters. The van der Waals surface area contributed by atoms with Crippen LogP contribution in [-0.2, 0) is 9.84 Å². The molecule has 0 aliphatic heterocycles.